The van der Waals surface area contributed by atoms with Crippen molar-refractivity contribution in [3.05, 3.63) is 150 Å². The molecule has 4 heterocycles. The summed E-state index contributed by atoms with van der Waals surface area (Å²) in [6.45, 7) is 2.14. The van der Waals surface area contributed by atoms with E-state index in [1.54, 1.807) is 18.3 Å². The molecule has 4 aromatic heterocycles. The quantitative estimate of drug-likeness (QED) is 0.167. The molecule has 0 atom stereocenters. The van der Waals surface area contributed by atoms with Crippen molar-refractivity contribution in [2.75, 3.05) is 0 Å². The van der Waals surface area contributed by atoms with Crippen LogP contribution in [0.4, 0.5) is 0 Å². The molecular formula is C42H33IrN3O-2. The summed E-state index contributed by atoms with van der Waals surface area (Å²) in [4.78, 5) is 13.0. The van der Waals surface area contributed by atoms with Crippen LogP contribution >= 0.6 is 0 Å². The van der Waals surface area contributed by atoms with Gasteiger partial charge in [0.2, 0.25) is 0 Å². The Hall–Kier alpha value is -4.96. The van der Waals surface area contributed by atoms with Crippen LogP contribution in [0, 0.1) is 46.6 Å². The molecule has 4 nitrogen and oxygen atoms in total. The minimum atomic E-state index is -2.18. The molecule has 8 aromatic rings. The average molecular weight is 794 g/mol. The molecule has 47 heavy (non-hydrogen) atoms. The summed E-state index contributed by atoms with van der Waals surface area (Å²) in [5.41, 5.74) is 11.0. The maximum atomic E-state index is 7.28. The second kappa shape index (κ2) is 13.4. The molecule has 8 rings (SSSR count). The largest absolute Gasteiger partial charge is 0.500 e. The first-order valence-electron chi connectivity index (χ1n) is 17.9. The number of nitrogens with zero attached hydrogens (tertiary/aromatic N) is 3. The van der Waals surface area contributed by atoms with Gasteiger partial charge in [0.1, 0.15) is 5.58 Å². The van der Waals surface area contributed by atoms with Gasteiger partial charge in [0.25, 0.3) is 0 Å². The van der Waals surface area contributed by atoms with Crippen LogP contribution in [0.1, 0.15) is 36.0 Å². The number of aryl methyl sites for hydroxylation is 4. The van der Waals surface area contributed by atoms with Crippen LogP contribution < -0.4 is 0 Å². The molecule has 0 amide bonds. The molecule has 0 aliphatic carbocycles. The van der Waals surface area contributed by atoms with Crippen molar-refractivity contribution in [3.63, 3.8) is 0 Å². The third-order valence-electron chi connectivity index (χ3n) is 8.29. The summed E-state index contributed by atoms with van der Waals surface area (Å²) in [6, 6.07) is 32.4. The van der Waals surface area contributed by atoms with Crippen LogP contribution in [0.5, 0.6) is 0 Å². The molecule has 0 saturated heterocycles. The Labute approximate surface area is 297 Å². The average Bonchev–Trinajstić information content (AvgIpc) is 3.54. The van der Waals surface area contributed by atoms with E-state index >= 15 is 0 Å². The summed E-state index contributed by atoms with van der Waals surface area (Å²) in [5, 5.41) is 4.55. The third-order valence-corrected chi connectivity index (χ3v) is 8.29. The van der Waals surface area contributed by atoms with Gasteiger partial charge in [0, 0.05) is 69.5 Å². The van der Waals surface area contributed by atoms with Gasteiger partial charge < -0.3 is 14.4 Å². The van der Waals surface area contributed by atoms with E-state index in [0.29, 0.717) is 11.3 Å². The van der Waals surface area contributed by atoms with Crippen LogP contribution in [0.15, 0.2) is 114 Å². The van der Waals surface area contributed by atoms with E-state index in [2.05, 4.69) is 78.2 Å². The van der Waals surface area contributed by atoms with Gasteiger partial charge in [-0.2, -0.15) is 0 Å². The zero-order chi connectivity index (χ0) is 36.8. The molecule has 0 aliphatic heterocycles. The maximum absolute atomic E-state index is 7.28. The summed E-state index contributed by atoms with van der Waals surface area (Å²) in [6.07, 6.45) is 6.91. The van der Waals surface area contributed by atoms with Crippen molar-refractivity contribution in [1.29, 1.82) is 0 Å². The fourth-order valence-electron chi connectivity index (χ4n) is 5.87. The summed E-state index contributed by atoms with van der Waals surface area (Å²) < 4.78 is 50.3. The molecular weight excluding hydrogens is 755 g/mol. The Balaban J connectivity index is 0.000000199. The van der Waals surface area contributed by atoms with E-state index in [-0.39, 0.29) is 31.2 Å². The maximum Gasteiger partial charge on any atom is 0.129 e. The van der Waals surface area contributed by atoms with E-state index in [4.69, 9.17) is 12.6 Å². The first kappa shape index (κ1) is 25.2. The van der Waals surface area contributed by atoms with Crippen LogP contribution in [0.25, 0.3) is 66.4 Å². The molecule has 0 bridgehead atoms. The normalized spacial score (nSPS) is 13.3. The zero-order valence-electron chi connectivity index (χ0n) is 32.0. The molecule has 0 aliphatic rings. The first-order valence-corrected chi connectivity index (χ1v) is 14.9. The van der Waals surface area contributed by atoms with Crippen molar-refractivity contribution in [1.82, 2.24) is 15.0 Å². The van der Waals surface area contributed by atoms with Crippen molar-refractivity contribution >= 4 is 32.7 Å². The molecule has 5 heteroatoms. The second-order valence-electron chi connectivity index (χ2n) is 11.3. The van der Waals surface area contributed by atoms with E-state index in [1.807, 2.05) is 36.7 Å². The Bertz CT molecular complexity index is 2510. The van der Waals surface area contributed by atoms with Crippen LogP contribution in [0.2, 0.25) is 0 Å². The fraction of sp³-hybridized carbons (Fsp3) is 0.119. The van der Waals surface area contributed by atoms with Gasteiger partial charge >= 0.3 is 0 Å². The van der Waals surface area contributed by atoms with E-state index < -0.39 is 13.7 Å². The molecule has 1 radical (unpaired) electrons. The molecule has 0 unspecified atom stereocenters. The summed E-state index contributed by atoms with van der Waals surface area (Å²) in [7, 11) is 0. The molecule has 0 saturated carbocycles. The van der Waals surface area contributed by atoms with Gasteiger partial charge in [-0.3, -0.25) is 4.98 Å². The van der Waals surface area contributed by atoms with Crippen molar-refractivity contribution < 1.29 is 32.7 Å². The Morgan fingerprint density at radius 2 is 1.60 bits per heavy atom. The number of fused-ring (bicyclic) bond motifs is 4. The molecule has 0 spiro atoms. The summed E-state index contributed by atoms with van der Waals surface area (Å²) >= 11 is 0. The van der Waals surface area contributed by atoms with E-state index in [9.17, 15) is 0 Å². The summed E-state index contributed by atoms with van der Waals surface area (Å²) in [5.74, 6) is 0. The van der Waals surface area contributed by atoms with Crippen molar-refractivity contribution in [2.45, 2.75) is 34.5 Å². The molecule has 0 fully saturated rings. The van der Waals surface area contributed by atoms with E-state index in [0.717, 1.165) is 44.1 Å². The number of aromatic nitrogens is 3. The van der Waals surface area contributed by atoms with Crippen LogP contribution in [-0.4, -0.2) is 15.0 Å². The van der Waals surface area contributed by atoms with Gasteiger partial charge in [-0.15, -0.1) is 53.6 Å². The first-order chi connectivity index (χ1) is 24.8. The van der Waals surface area contributed by atoms with Gasteiger partial charge in [0.15, 0.2) is 0 Å². The number of pyridine rings is 3. The predicted octanol–water partition coefficient (Wildman–Crippen LogP) is 10.8. The third kappa shape index (κ3) is 6.13. The standard InChI is InChI=1S/C29H21N2O.C13H12N.Ir/c1-17-10-11-23(27-19(3)18(2)15-20-12-14-30-16-24(20)27)29-26(17)22-8-6-7-21(28(22)32-29)25-9-4-5-13-31-25;1-10-3-6-12(7-4-10)13-8-5-11(2)9-14-13;/h4-6,8-16H,1-3H3;3-6,8-9H,1-2H3;/q2*-1;/i;1D3,2D3;. The molecule has 233 valence electrons. The van der Waals surface area contributed by atoms with E-state index in [1.165, 1.54) is 52.0 Å². The number of benzene rings is 4. The van der Waals surface area contributed by atoms with Crippen molar-refractivity contribution in [3.8, 4) is 33.6 Å². The fourth-order valence-corrected chi connectivity index (χ4v) is 5.87. The van der Waals surface area contributed by atoms with Crippen LogP contribution in [-0.2, 0) is 20.1 Å². The van der Waals surface area contributed by atoms with Gasteiger partial charge in [0.05, 0.1) is 5.58 Å². The zero-order valence-corrected chi connectivity index (χ0v) is 28.4. The van der Waals surface area contributed by atoms with Crippen LogP contribution in [0.3, 0.4) is 0 Å². The monoisotopic (exact) mass is 794 g/mol. The Morgan fingerprint density at radius 3 is 2.34 bits per heavy atom. The smallest absolute Gasteiger partial charge is 0.129 e. The topological polar surface area (TPSA) is 51.8 Å². The molecule has 0 N–H and O–H groups in total. The molecule has 4 aromatic carbocycles. The predicted molar refractivity (Wildman–Crippen MR) is 189 cm³/mol. The van der Waals surface area contributed by atoms with Gasteiger partial charge in [-0.25, -0.2) is 0 Å². The minimum absolute atomic E-state index is 0. The Morgan fingerprint density at radius 1 is 0.723 bits per heavy atom. The number of furan rings is 1. The second-order valence-corrected chi connectivity index (χ2v) is 11.3. The minimum Gasteiger partial charge on any atom is -0.500 e. The number of hydrogen-bond acceptors (Lipinski definition) is 4. The van der Waals surface area contributed by atoms with Crippen molar-refractivity contribution in [2.24, 2.45) is 0 Å². The SMILES string of the molecule is Cc1cc2ccncc2c(-c2ccc(C)c3c2oc2c(-c4ccccn4)[c-]ccc23)c1C.[2H]C([2H])([2H])c1c[c-]c(-c2ccc(C([2H])([2H])[2H])cn2)cc1.[Ir]. The van der Waals surface area contributed by atoms with Gasteiger partial charge in [-0.1, -0.05) is 60.3 Å². The number of hydrogen-bond donors (Lipinski definition) is 0. The number of rotatable bonds is 3. The van der Waals surface area contributed by atoms with Gasteiger partial charge in [-0.05, 0) is 84.3 Å². The Kier molecular flexibility index (Phi) is 7.18.